The maximum absolute atomic E-state index is 13.0. The van der Waals surface area contributed by atoms with Gasteiger partial charge < -0.3 is 4.90 Å². The fourth-order valence-corrected chi connectivity index (χ4v) is 4.86. The largest absolute Gasteiger partial charge is 0.336 e. The normalized spacial score (nSPS) is 22.2. The predicted octanol–water partition coefficient (Wildman–Crippen LogP) is 5.12. The Labute approximate surface area is 155 Å². The highest BCUT2D eigenvalue weighted by Crippen LogP contribution is 2.31. The molecule has 1 amide bonds. The molecule has 1 aliphatic heterocycles. The van der Waals surface area contributed by atoms with Gasteiger partial charge in [-0.3, -0.25) is 4.79 Å². The fourth-order valence-electron chi connectivity index (χ4n) is 3.89. The van der Waals surface area contributed by atoms with Gasteiger partial charge in [-0.2, -0.15) is 0 Å². The van der Waals surface area contributed by atoms with Crippen LogP contribution in [0.25, 0.3) is 10.9 Å². The lowest BCUT2D eigenvalue weighted by molar-refractivity contribution is -0.136. The Hall–Kier alpha value is -1.55. The zero-order chi connectivity index (χ0) is 18.1. The number of likely N-dealkylation sites (tertiary alicyclic amines) is 1. The van der Waals surface area contributed by atoms with Crippen molar-refractivity contribution in [2.75, 3.05) is 0 Å². The Bertz CT molecular complexity index is 779. The van der Waals surface area contributed by atoms with Crippen molar-refractivity contribution in [1.29, 1.82) is 0 Å². The molecule has 0 N–H and O–H groups in total. The first-order valence-corrected chi connectivity index (χ1v) is 10.1. The van der Waals surface area contributed by atoms with Gasteiger partial charge in [0.05, 0.1) is 15.8 Å². The highest BCUT2D eigenvalue weighted by molar-refractivity contribution is 8.00. The fraction of sp³-hybridized carbons (Fsp3) is 0.524. The molecule has 1 fully saturated rings. The van der Waals surface area contributed by atoms with Crippen LogP contribution >= 0.6 is 11.8 Å². The lowest BCUT2D eigenvalue weighted by Crippen LogP contribution is -2.50. The van der Waals surface area contributed by atoms with E-state index in [1.54, 1.807) is 11.8 Å². The quantitative estimate of drug-likeness (QED) is 0.716. The van der Waals surface area contributed by atoms with Crippen LogP contribution < -0.4 is 0 Å². The molecule has 3 nitrogen and oxygen atoms in total. The number of hydrogen-bond donors (Lipinski definition) is 0. The van der Waals surface area contributed by atoms with Crippen molar-refractivity contribution in [3.05, 3.63) is 35.4 Å². The number of nitrogens with zero attached hydrogens (tertiary/aromatic N) is 2. The van der Waals surface area contributed by atoms with E-state index in [1.165, 1.54) is 22.9 Å². The molecule has 0 radical (unpaired) electrons. The van der Waals surface area contributed by atoms with E-state index in [1.807, 2.05) is 6.92 Å². The number of carbonyl (C=O) groups is 1. The maximum Gasteiger partial charge on any atom is 0.236 e. The molecule has 1 saturated heterocycles. The summed E-state index contributed by atoms with van der Waals surface area (Å²) in [6.07, 6.45) is 3.44. The van der Waals surface area contributed by atoms with E-state index in [2.05, 4.69) is 56.9 Å². The van der Waals surface area contributed by atoms with E-state index in [-0.39, 0.29) is 11.2 Å². The van der Waals surface area contributed by atoms with E-state index < -0.39 is 0 Å². The summed E-state index contributed by atoms with van der Waals surface area (Å²) in [5, 5.41) is 2.02. The molecule has 3 atom stereocenters. The Balaban J connectivity index is 1.83. The second-order valence-electron chi connectivity index (χ2n) is 7.38. The molecule has 0 spiro atoms. The van der Waals surface area contributed by atoms with Gasteiger partial charge in [-0.05, 0) is 71.1 Å². The van der Waals surface area contributed by atoms with E-state index in [0.717, 1.165) is 23.4 Å². The number of aryl methyl sites for hydroxylation is 2. The number of fused-ring (bicyclic) bond motifs is 1. The molecule has 134 valence electrons. The molecule has 0 aliphatic carbocycles. The molecule has 3 rings (SSSR count). The Morgan fingerprint density at radius 1 is 1.20 bits per heavy atom. The van der Waals surface area contributed by atoms with Crippen molar-refractivity contribution >= 4 is 28.6 Å². The Morgan fingerprint density at radius 3 is 2.56 bits per heavy atom. The van der Waals surface area contributed by atoms with Crippen molar-refractivity contribution in [3.8, 4) is 0 Å². The molecule has 4 heteroatoms. The first kappa shape index (κ1) is 18.2. The van der Waals surface area contributed by atoms with E-state index >= 15 is 0 Å². The number of hydrogen-bond acceptors (Lipinski definition) is 3. The van der Waals surface area contributed by atoms with Crippen LogP contribution in [0.3, 0.4) is 0 Å². The number of amides is 1. The smallest absolute Gasteiger partial charge is 0.236 e. The van der Waals surface area contributed by atoms with Crippen LogP contribution in [0.5, 0.6) is 0 Å². The number of para-hydroxylation sites is 1. The second-order valence-corrected chi connectivity index (χ2v) is 8.74. The minimum absolute atomic E-state index is 0.114. The van der Waals surface area contributed by atoms with Gasteiger partial charge in [0.2, 0.25) is 5.91 Å². The van der Waals surface area contributed by atoms with E-state index in [0.29, 0.717) is 12.1 Å². The van der Waals surface area contributed by atoms with Gasteiger partial charge in [0, 0.05) is 17.5 Å². The van der Waals surface area contributed by atoms with Crippen LogP contribution in [0.1, 0.15) is 51.2 Å². The summed E-state index contributed by atoms with van der Waals surface area (Å²) in [6.45, 7) is 10.6. The zero-order valence-corrected chi connectivity index (χ0v) is 16.7. The number of pyridine rings is 1. The molecule has 0 bridgehead atoms. The summed E-state index contributed by atoms with van der Waals surface area (Å²) < 4.78 is 0. The molecule has 25 heavy (non-hydrogen) atoms. The number of aromatic nitrogens is 1. The number of piperidine rings is 1. The Kier molecular flexibility index (Phi) is 5.38. The third-order valence-corrected chi connectivity index (χ3v) is 6.32. The third kappa shape index (κ3) is 3.69. The van der Waals surface area contributed by atoms with Crippen LogP contribution in [0.4, 0.5) is 0 Å². The van der Waals surface area contributed by atoms with E-state index in [4.69, 9.17) is 4.98 Å². The van der Waals surface area contributed by atoms with Gasteiger partial charge in [-0.15, -0.1) is 0 Å². The third-order valence-electron chi connectivity index (χ3n) is 5.32. The monoisotopic (exact) mass is 356 g/mol. The molecule has 0 unspecified atom stereocenters. The first-order valence-electron chi connectivity index (χ1n) is 9.24. The summed E-state index contributed by atoms with van der Waals surface area (Å²) in [5.74, 6) is 0.244. The minimum atomic E-state index is -0.114. The van der Waals surface area contributed by atoms with Crippen LogP contribution in [-0.4, -0.2) is 33.1 Å². The predicted molar refractivity (Wildman–Crippen MR) is 106 cm³/mol. The van der Waals surface area contributed by atoms with Crippen LogP contribution in [0.2, 0.25) is 0 Å². The molecule has 2 heterocycles. The minimum Gasteiger partial charge on any atom is -0.336 e. The van der Waals surface area contributed by atoms with Gasteiger partial charge in [0.1, 0.15) is 0 Å². The molecule has 1 aromatic carbocycles. The van der Waals surface area contributed by atoms with Crippen molar-refractivity contribution in [2.45, 2.75) is 76.2 Å². The van der Waals surface area contributed by atoms with Crippen LogP contribution in [-0.2, 0) is 4.79 Å². The van der Waals surface area contributed by atoms with Crippen molar-refractivity contribution < 1.29 is 4.79 Å². The number of rotatable bonds is 3. The van der Waals surface area contributed by atoms with Gasteiger partial charge >= 0.3 is 0 Å². The van der Waals surface area contributed by atoms with E-state index in [9.17, 15) is 4.79 Å². The van der Waals surface area contributed by atoms with Gasteiger partial charge in [0.15, 0.2) is 0 Å². The summed E-state index contributed by atoms with van der Waals surface area (Å²) in [4.78, 5) is 19.9. The Morgan fingerprint density at radius 2 is 1.88 bits per heavy atom. The summed E-state index contributed by atoms with van der Waals surface area (Å²) in [5.41, 5.74) is 3.44. The molecule has 2 aromatic rings. The molecular weight excluding hydrogens is 328 g/mol. The second kappa shape index (κ2) is 7.36. The van der Waals surface area contributed by atoms with Gasteiger partial charge in [-0.1, -0.05) is 30.0 Å². The van der Waals surface area contributed by atoms with Crippen LogP contribution in [0, 0.1) is 13.8 Å². The highest BCUT2D eigenvalue weighted by Gasteiger charge is 2.32. The summed E-state index contributed by atoms with van der Waals surface area (Å²) in [7, 11) is 0. The van der Waals surface area contributed by atoms with Gasteiger partial charge in [-0.25, -0.2) is 4.98 Å². The number of thioether (sulfide) groups is 1. The summed E-state index contributed by atoms with van der Waals surface area (Å²) >= 11 is 1.58. The van der Waals surface area contributed by atoms with Crippen LogP contribution in [0.15, 0.2) is 29.3 Å². The SMILES string of the molecule is Cc1cc(S[C@@H](C)C(=O)N2[C@@H](C)CCC[C@@H]2C)nc2c(C)cccc12. The lowest BCUT2D eigenvalue weighted by Gasteiger charge is -2.40. The summed E-state index contributed by atoms with van der Waals surface area (Å²) in [6, 6.07) is 9.07. The van der Waals surface area contributed by atoms with Gasteiger partial charge in [0.25, 0.3) is 0 Å². The standard InChI is InChI=1S/C21H28N2OS/c1-13-8-6-11-18-14(2)12-19(22-20(13)18)25-17(5)21(24)23-15(3)9-7-10-16(23)4/h6,8,11-12,15-17H,7,9-10H2,1-5H3/t15-,16-,17-/m0/s1. The molecule has 1 aromatic heterocycles. The average molecular weight is 357 g/mol. The topological polar surface area (TPSA) is 33.2 Å². The molecule has 1 aliphatic rings. The highest BCUT2D eigenvalue weighted by atomic mass is 32.2. The average Bonchev–Trinajstić information content (AvgIpc) is 2.55. The van der Waals surface area contributed by atoms with Crippen molar-refractivity contribution in [1.82, 2.24) is 9.88 Å². The zero-order valence-electron chi connectivity index (χ0n) is 15.9. The van der Waals surface area contributed by atoms with Crippen molar-refractivity contribution in [3.63, 3.8) is 0 Å². The lowest BCUT2D eigenvalue weighted by atomic mass is 9.97. The molecule has 0 saturated carbocycles. The number of benzene rings is 1. The number of carbonyl (C=O) groups excluding carboxylic acids is 1. The molecular formula is C21H28N2OS. The first-order chi connectivity index (χ1) is 11.9. The van der Waals surface area contributed by atoms with Crippen molar-refractivity contribution in [2.24, 2.45) is 0 Å². The maximum atomic E-state index is 13.0.